The van der Waals surface area contributed by atoms with Crippen LogP contribution in [0.3, 0.4) is 0 Å². The molecule has 1 atom stereocenters. The molecule has 0 aliphatic carbocycles. The average molecular weight is 567 g/mol. The summed E-state index contributed by atoms with van der Waals surface area (Å²) in [5, 5.41) is 8.16. The zero-order chi connectivity index (χ0) is 26.1. The SMILES string of the molecule is O=C(Cn1c(C(F)F)cccc1=O)N1CCC(c2nc(C3=NOC(c4c(Cl)cccc4Cl)C3)cs2)CC1. The van der Waals surface area contributed by atoms with Gasteiger partial charge in [0.1, 0.15) is 12.3 Å². The molecular formula is C25H22Cl2F2N4O3S. The van der Waals surface area contributed by atoms with Gasteiger partial charge in [0, 0.05) is 52.5 Å². The molecule has 2 aromatic heterocycles. The molecule has 0 N–H and O–H groups in total. The van der Waals surface area contributed by atoms with Crippen LogP contribution in [0, 0.1) is 0 Å². The van der Waals surface area contributed by atoms with Gasteiger partial charge >= 0.3 is 0 Å². The van der Waals surface area contributed by atoms with Crippen LogP contribution >= 0.6 is 34.5 Å². The molecule has 0 spiro atoms. The predicted molar refractivity (Wildman–Crippen MR) is 138 cm³/mol. The van der Waals surface area contributed by atoms with Crippen LogP contribution in [0.4, 0.5) is 8.78 Å². The molecule has 0 bridgehead atoms. The fraction of sp³-hybridized carbons (Fsp3) is 0.360. The minimum atomic E-state index is -2.83. The number of thiazole rings is 1. The van der Waals surface area contributed by atoms with E-state index in [2.05, 4.69) is 5.16 Å². The summed E-state index contributed by atoms with van der Waals surface area (Å²) in [6, 6.07) is 8.91. The Morgan fingerprint density at radius 2 is 1.84 bits per heavy atom. The summed E-state index contributed by atoms with van der Waals surface area (Å²) in [4.78, 5) is 36.8. The Labute approximate surface area is 225 Å². The molecule has 1 unspecified atom stereocenters. The smallest absolute Gasteiger partial charge is 0.278 e. The molecule has 5 rings (SSSR count). The second kappa shape index (κ2) is 10.9. The number of carbonyl (C=O) groups excluding carboxylic acids is 1. The summed E-state index contributed by atoms with van der Waals surface area (Å²) in [5.41, 5.74) is 1.10. The minimum Gasteiger partial charge on any atom is -0.387 e. The van der Waals surface area contributed by atoms with Gasteiger partial charge in [-0.25, -0.2) is 13.8 Å². The van der Waals surface area contributed by atoms with Crippen molar-refractivity contribution in [3.63, 3.8) is 0 Å². The summed E-state index contributed by atoms with van der Waals surface area (Å²) < 4.78 is 27.4. The van der Waals surface area contributed by atoms with Crippen molar-refractivity contribution in [2.75, 3.05) is 13.1 Å². The molecular weight excluding hydrogens is 545 g/mol. The summed E-state index contributed by atoms with van der Waals surface area (Å²) in [7, 11) is 0. The van der Waals surface area contributed by atoms with Gasteiger partial charge in [-0.15, -0.1) is 11.3 Å². The number of carbonyl (C=O) groups is 1. The lowest BCUT2D eigenvalue weighted by atomic mass is 9.97. The predicted octanol–water partition coefficient (Wildman–Crippen LogP) is 5.82. The summed E-state index contributed by atoms with van der Waals surface area (Å²) in [6.45, 7) is 0.518. The maximum absolute atomic E-state index is 13.3. The Kier molecular flexibility index (Phi) is 7.60. The quantitative estimate of drug-likeness (QED) is 0.376. The van der Waals surface area contributed by atoms with Crippen molar-refractivity contribution in [3.05, 3.63) is 84.1 Å². The maximum atomic E-state index is 13.3. The van der Waals surface area contributed by atoms with Gasteiger partial charge in [-0.3, -0.25) is 14.2 Å². The molecule has 1 amide bonds. The molecule has 194 valence electrons. The lowest BCUT2D eigenvalue weighted by Crippen LogP contribution is -2.41. The first-order valence-corrected chi connectivity index (χ1v) is 13.3. The number of aromatic nitrogens is 2. The van der Waals surface area contributed by atoms with Crippen molar-refractivity contribution < 1.29 is 18.4 Å². The highest BCUT2D eigenvalue weighted by molar-refractivity contribution is 7.10. The highest BCUT2D eigenvalue weighted by atomic mass is 35.5. The molecule has 1 fully saturated rings. The summed E-state index contributed by atoms with van der Waals surface area (Å²) in [5.74, 6) is -0.189. The van der Waals surface area contributed by atoms with E-state index in [-0.39, 0.29) is 17.9 Å². The van der Waals surface area contributed by atoms with E-state index in [0.29, 0.717) is 48.0 Å². The van der Waals surface area contributed by atoms with E-state index in [0.717, 1.165) is 27.0 Å². The van der Waals surface area contributed by atoms with Crippen LogP contribution in [-0.4, -0.2) is 39.2 Å². The normalized spacial score (nSPS) is 18.2. The molecule has 37 heavy (non-hydrogen) atoms. The van der Waals surface area contributed by atoms with Crippen molar-refractivity contribution in [2.45, 2.75) is 44.3 Å². The van der Waals surface area contributed by atoms with Gasteiger partial charge in [-0.05, 0) is 31.0 Å². The van der Waals surface area contributed by atoms with Crippen LogP contribution in [0.1, 0.15) is 59.7 Å². The highest BCUT2D eigenvalue weighted by Crippen LogP contribution is 2.39. The number of pyridine rings is 1. The maximum Gasteiger partial charge on any atom is 0.278 e. The van der Waals surface area contributed by atoms with Crippen molar-refractivity contribution >= 4 is 46.2 Å². The third-order valence-corrected chi connectivity index (χ3v) is 8.27. The molecule has 0 radical (unpaired) electrons. The number of hydrogen-bond acceptors (Lipinski definition) is 6. The van der Waals surface area contributed by atoms with Crippen molar-refractivity contribution in [1.29, 1.82) is 0 Å². The number of piperidine rings is 1. The Hall–Kier alpha value is -2.82. The van der Waals surface area contributed by atoms with Crippen molar-refractivity contribution in [1.82, 2.24) is 14.5 Å². The van der Waals surface area contributed by atoms with Gasteiger partial charge in [0.2, 0.25) is 5.91 Å². The van der Waals surface area contributed by atoms with Gasteiger partial charge in [-0.2, -0.15) is 0 Å². The molecule has 12 heteroatoms. The van der Waals surface area contributed by atoms with E-state index in [1.807, 2.05) is 5.38 Å². The fourth-order valence-electron chi connectivity index (χ4n) is 4.62. The Morgan fingerprint density at radius 1 is 1.14 bits per heavy atom. The third kappa shape index (κ3) is 5.42. The van der Waals surface area contributed by atoms with Crippen LogP contribution < -0.4 is 5.56 Å². The number of likely N-dealkylation sites (tertiary alicyclic amines) is 1. The van der Waals surface area contributed by atoms with Crippen LogP contribution in [0.25, 0.3) is 0 Å². The Balaban J connectivity index is 1.19. The molecule has 3 aromatic rings. The summed E-state index contributed by atoms with van der Waals surface area (Å²) >= 11 is 14.2. The van der Waals surface area contributed by atoms with E-state index in [1.165, 1.54) is 23.5 Å². The molecule has 2 aliphatic heterocycles. The van der Waals surface area contributed by atoms with Crippen LogP contribution in [-0.2, 0) is 16.2 Å². The number of oxime groups is 1. The second-order valence-electron chi connectivity index (χ2n) is 8.87. The van der Waals surface area contributed by atoms with Crippen molar-refractivity contribution in [2.24, 2.45) is 5.16 Å². The first-order chi connectivity index (χ1) is 17.8. The van der Waals surface area contributed by atoms with Gasteiger partial charge < -0.3 is 9.74 Å². The average Bonchev–Trinajstić information content (AvgIpc) is 3.55. The molecule has 1 saturated heterocycles. The van der Waals surface area contributed by atoms with Crippen LogP contribution in [0.5, 0.6) is 0 Å². The van der Waals surface area contributed by atoms with E-state index in [9.17, 15) is 18.4 Å². The molecule has 4 heterocycles. The number of benzene rings is 1. The van der Waals surface area contributed by atoms with Gasteiger partial charge in [0.15, 0.2) is 6.10 Å². The largest absolute Gasteiger partial charge is 0.387 e. The number of hydrogen-bond donors (Lipinski definition) is 0. The second-order valence-corrected chi connectivity index (χ2v) is 10.6. The number of rotatable bonds is 6. The monoisotopic (exact) mass is 566 g/mol. The zero-order valence-electron chi connectivity index (χ0n) is 19.4. The number of halogens is 4. The van der Waals surface area contributed by atoms with Gasteiger partial charge in [-0.1, -0.05) is 40.5 Å². The standard InChI is InChI=1S/C25H22Cl2F2N4O3S/c26-15-3-1-4-16(27)23(15)20-11-17(31-36-20)18-13-37-25(30-18)14-7-9-32(10-8-14)22(35)12-33-19(24(28)29)5-2-6-21(33)34/h1-6,13-14,20,24H,7-12H2. The lowest BCUT2D eigenvalue weighted by molar-refractivity contribution is -0.133. The van der Waals surface area contributed by atoms with E-state index in [4.69, 9.17) is 33.0 Å². The van der Waals surface area contributed by atoms with E-state index >= 15 is 0 Å². The summed E-state index contributed by atoms with van der Waals surface area (Å²) in [6.07, 6.45) is -1.34. The molecule has 0 saturated carbocycles. The highest BCUT2D eigenvalue weighted by Gasteiger charge is 2.31. The van der Waals surface area contributed by atoms with Gasteiger partial charge in [0.05, 0.1) is 16.4 Å². The molecule has 1 aromatic carbocycles. The Morgan fingerprint density at radius 3 is 2.54 bits per heavy atom. The van der Waals surface area contributed by atoms with Crippen LogP contribution in [0.15, 0.2) is 51.7 Å². The third-order valence-electron chi connectivity index (χ3n) is 6.61. The zero-order valence-corrected chi connectivity index (χ0v) is 21.8. The fourth-order valence-corrected chi connectivity index (χ4v) is 6.26. The lowest BCUT2D eigenvalue weighted by Gasteiger charge is -2.31. The van der Waals surface area contributed by atoms with Crippen molar-refractivity contribution in [3.8, 4) is 0 Å². The number of alkyl halides is 2. The van der Waals surface area contributed by atoms with Gasteiger partial charge in [0.25, 0.3) is 12.0 Å². The topological polar surface area (TPSA) is 76.8 Å². The van der Waals surface area contributed by atoms with E-state index < -0.39 is 24.2 Å². The number of amides is 1. The first kappa shape index (κ1) is 25.8. The first-order valence-electron chi connectivity index (χ1n) is 11.7. The molecule has 7 nitrogen and oxygen atoms in total. The molecule has 2 aliphatic rings. The number of nitrogens with zero attached hydrogens (tertiary/aromatic N) is 4. The van der Waals surface area contributed by atoms with Crippen LogP contribution in [0.2, 0.25) is 10.0 Å². The Bertz CT molecular complexity index is 1380. The minimum absolute atomic E-state index is 0.163. The van der Waals surface area contributed by atoms with E-state index in [1.54, 1.807) is 23.1 Å².